The third-order valence-electron chi connectivity index (χ3n) is 10.4. The van der Waals surface area contributed by atoms with Crippen LogP contribution >= 0.6 is 11.8 Å². The number of nitrogens with zero attached hydrogens (tertiary/aromatic N) is 6. The van der Waals surface area contributed by atoms with E-state index in [9.17, 15) is 0 Å². The summed E-state index contributed by atoms with van der Waals surface area (Å²) < 4.78 is 5.21. The third-order valence-corrected chi connectivity index (χ3v) is 11.3. The molecule has 0 spiro atoms. The van der Waals surface area contributed by atoms with E-state index in [1.54, 1.807) is 0 Å². The summed E-state index contributed by atoms with van der Waals surface area (Å²) in [6, 6.07) is 4.14. The Morgan fingerprint density at radius 2 is 0.852 bits per heavy atom. The van der Waals surface area contributed by atoms with Crippen molar-refractivity contribution in [2.24, 2.45) is 0 Å². The Labute approximate surface area is 391 Å². The van der Waals surface area contributed by atoms with Gasteiger partial charge in [-0.15, -0.1) is 0 Å². The van der Waals surface area contributed by atoms with Gasteiger partial charge in [-0.1, -0.05) is 58.4 Å². The van der Waals surface area contributed by atoms with Gasteiger partial charge in [-0.25, -0.2) is 0 Å². The summed E-state index contributed by atoms with van der Waals surface area (Å²) in [5.74, 6) is 2.66. The summed E-state index contributed by atoms with van der Waals surface area (Å²) in [6.07, 6.45) is 16.3. The van der Waals surface area contributed by atoms with Gasteiger partial charge in [0.2, 0.25) is 0 Å². The SMILES string of the molecule is C.C.C.C.C.C.C.CC(C)N1C=CNC=C1.CC(C)N1C=CNCC1.CC(C)N1CCCCC1.CC(C)N1CCNCC1.CC(C)N1CCOCC1.CC(C)N1CCSCC1. The van der Waals surface area contributed by atoms with Crippen LogP contribution in [0.2, 0.25) is 0 Å². The fourth-order valence-electron chi connectivity index (χ4n) is 6.46. The van der Waals surface area contributed by atoms with Gasteiger partial charge in [-0.05, 0) is 109 Å². The monoisotopic (exact) mass is 892 g/mol. The molecule has 374 valence electrons. The number of piperidine rings is 1. The summed E-state index contributed by atoms with van der Waals surface area (Å²) in [4.78, 5) is 14.5. The molecule has 6 aliphatic rings. The second kappa shape index (κ2) is 46.5. The van der Waals surface area contributed by atoms with E-state index >= 15 is 0 Å². The number of hydrogen-bond donors (Lipinski definition) is 3. The lowest BCUT2D eigenvalue weighted by Gasteiger charge is -2.30. The highest BCUT2D eigenvalue weighted by Gasteiger charge is 2.14. The molecule has 6 aliphatic heterocycles. The molecule has 0 aliphatic carbocycles. The number of likely N-dealkylation sites (tertiary alicyclic amines) is 1. The number of rotatable bonds is 6. The summed E-state index contributed by atoms with van der Waals surface area (Å²) in [5.41, 5.74) is 0. The smallest absolute Gasteiger partial charge is 0.0594 e. The van der Waals surface area contributed by atoms with Gasteiger partial charge in [0.1, 0.15) is 0 Å². The highest BCUT2D eigenvalue weighted by molar-refractivity contribution is 7.99. The average molecular weight is 893 g/mol. The van der Waals surface area contributed by atoms with Crippen LogP contribution in [-0.2, 0) is 4.74 Å². The molecule has 6 rings (SSSR count). The van der Waals surface area contributed by atoms with Gasteiger partial charge in [0.25, 0.3) is 0 Å². The lowest BCUT2D eigenvalue weighted by atomic mass is 10.1. The molecule has 0 aromatic carbocycles. The molecule has 0 amide bonds. The number of morpholine rings is 1. The fourth-order valence-corrected chi connectivity index (χ4v) is 7.39. The van der Waals surface area contributed by atoms with Gasteiger partial charge in [0.05, 0.1) is 13.2 Å². The van der Waals surface area contributed by atoms with Crippen molar-refractivity contribution in [3.05, 3.63) is 37.2 Å². The minimum absolute atomic E-state index is 0. The molecule has 61 heavy (non-hydrogen) atoms. The number of piperazine rings is 1. The van der Waals surface area contributed by atoms with E-state index in [0.29, 0.717) is 18.1 Å². The highest BCUT2D eigenvalue weighted by atomic mass is 32.2. The van der Waals surface area contributed by atoms with Crippen LogP contribution in [-0.4, -0.2) is 169 Å². The highest BCUT2D eigenvalue weighted by Crippen LogP contribution is 2.12. The van der Waals surface area contributed by atoms with Crippen LogP contribution in [0.5, 0.6) is 0 Å². The Bertz CT molecular complexity index is 835. The zero-order valence-electron chi connectivity index (χ0n) is 37.4. The van der Waals surface area contributed by atoms with E-state index in [-0.39, 0.29) is 52.0 Å². The first kappa shape index (κ1) is 73.9. The van der Waals surface area contributed by atoms with E-state index in [1.165, 1.54) is 70.0 Å². The molecule has 0 saturated carbocycles. The van der Waals surface area contributed by atoms with Crippen LogP contribution in [0.3, 0.4) is 0 Å². The lowest BCUT2D eigenvalue weighted by molar-refractivity contribution is 0.0238. The van der Waals surface area contributed by atoms with Gasteiger partial charge in [0.15, 0.2) is 0 Å². The van der Waals surface area contributed by atoms with E-state index in [0.717, 1.165) is 70.6 Å². The van der Waals surface area contributed by atoms with Crippen molar-refractivity contribution in [3.8, 4) is 0 Å². The van der Waals surface area contributed by atoms with Crippen molar-refractivity contribution in [3.63, 3.8) is 0 Å². The molecular weight excluding hydrogens is 775 g/mol. The van der Waals surface area contributed by atoms with Gasteiger partial charge in [0, 0.05) is 150 Å². The standard InChI is InChI=1S/C8H17N.C7H16N2.C7H14N2.C7H12N2.C7H15NO.C7H15NS.7CH4/c1-8(2)9-6-4-3-5-7-9;3*1-7(2)9-5-3-8-4-6-9;2*1-7(2)8-3-5-9-6-4-8;;;;;;;/h8H,3-7H2,1-2H3;7-8H,3-6H2,1-2H3;3,5,7-8H,4,6H2,1-2H3;3-8H,1-2H3;2*7H,3-6H2,1-2H3;7*1H4. The Balaban J connectivity index is -0.000000112. The van der Waals surface area contributed by atoms with Gasteiger partial charge >= 0.3 is 0 Å². The maximum Gasteiger partial charge on any atom is 0.0594 e. The number of thioether (sulfide) groups is 1. The third kappa shape index (κ3) is 37.6. The Morgan fingerprint density at radius 1 is 0.426 bits per heavy atom. The fraction of sp³-hybridized carbons (Fsp3) is 0.880. The topological polar surface area (TPSA) is 64.8 Å². The van der Waals surface area contributed by atoms with Crippen molar-refractivity contribution in [2.75, 3.05) is 103 Å². The van der Waals surface area contributed by atoms with E-state index in [4.69, 9.17) is 4.74 Å². The molecule has 0 unspecified atom stereocenters. The molecule has 10 nitrogen and oxygen atoms in total. The van der Waals surface area contributed by atoms with E-state index in [1.807, 2.05) is 31.0 Å². The van der Waals surface area contributed by atoms with Crippen molar-refractivity contribution in [1.82, 2.24) is 45.3 Å². The largest absolute Gasteiger partial charge is 0.388 e. The quantitative estimate of drug-likeness (QED) is 0.239. The molecule has 0 radical (unpaired) electrons. The lowest BCUT2D eigenvalue weighted by Crippen LogP contribution is -2.46. The summed E-state index contributed by atoms with van der Waals surface area (Å²) in [7, 11) is 0. The van der Waals surface area contributed by atoms with Gasteiger partial charge < -0.3 is 35.4 Å². The molecule has 4 saturated heterocycles. The average Bonchev–Trinajstić information content (AvgIpc) is 3.21. The summed E-state index contributed by atoms with van der Waals surface area (Å²) in [5, 5.41) is 9.44. The molecule has 4 fully saturated rings. The van der Waals surface area contributed by atoms with Crippen molar-refractivity contribution in [1.29, 1.82) is 0 Å². The molecule has 0 aromatic rings. The molecule has 0 aromatic heterocycles. The van der Waals surface area contributed by atoms with Crippen molar-refractivity contribution in [2.45, 2.75) is 191 Å². The zero-order chi connectivity index (χ0) is 40.1. The predicted octanol–water partition coefficient (Wildman–Crippen LogP) is 10.8. The van der Waals surface area contributed by atoms with Crippen molar-refractivity contribution >= 4 is 11.8 Å². The molecule has 6 heterocycles. The molecule has 0 bridgehead atoms. The molecular formula is C50H117N9OS. The van der Waals surface area contributed by atoms with Crippen LogP contribution < -0.4 is 16.0 Å². The van der Waals surface area contributed by atoms with Gasteiger partial charge in [-0.3, -0.25) is 14.7 Å². The van der Waals surface area contributed by atoms with Crippen LogP contribution in [0.1, 0.15) is 154 Å². The Kier molecular flexibility index (Phi) is 56.4. The normalized spacial score (nSPS) is 18.7. The van der Waals surface area contributed by atoms with E-state index < -0.39 is 0 Å². The van der Waals surface area contributed by atoms with Crippen LogP contribution in [0.4, 0.5) is 0 Å². The van der Waals surface area contributed by atoms with Crippen LogP contribution in [0, 0.1) is 0 Å². The first-order valence-electron chi connectivity index (χ1n) is 21.7. The first-order chi connectivity index (χ1) is 25.8. The predicted molar refractivity (Wildman–Crippen MR) is 286 cm³/mol. The number of ether oxygens (including phenoxy) is 1. The second-order valence-electron chi connectivity index (χ2n) is 16.5. The summed E-state index contributed by atoms with van der Waals surface area (Å²) >= 11 is 2.07. The zero-order valence-corrected chi connectivity index (χ0v) is 38.2. The van der Waals surface area contributed by atoms with Crippen LogP contribution in [0.15, 0.2) is 37.2 Å². The molecule has 11 heteroatoms. The minimum atomic E-state index is 0. The maximum absolute atomic E-state index is 5.21. The van der Waals surface area contributed by atoms with Crippen LogP contribution in [0.25, 0.3) is 0 Å². The molecule has 3 N–H and O–H groups in total. The summed E-state index contributed by atoms with van der Waals surface area (Å²) in [6.45, 7) is 43.1. The Hall–Kier alpha value is -1.47. The van der Waals surface area contributed by atoms with E-state index in [2.05, 4.69) is 146 Å². The van der Waals surface area contributed by atoms with Gasteiger partial charge in [-0.2, -0.15) is 11.8 Å². The minimum Gasteiger partial charge on any atom is -0.388 e. The Morgan fingerprint density at radius 3 is 1.15 bits per heavy atom. The first-order valence-corrected chi connectivity index (χ1v) is 22.8. The number of hydrogen-bond acceptors (Lipinski definition) is 11. The maximum atomic E-state index is 5.21. The van der Waals surface area contributed by atoms with Crippen molar-refractivity contribution < 1.29 is 4.74 Å². The second-order valence-corrected chi connectivity index (χ2v) is 17.7. The molecule has 0 atom stereocenters. The number of nitrogens with one attached hydrogen (secondary N) is 3.